The second-order valence-electron chi connectivity index (χ2n) is 20.8. The summed E-state index contributed by atoms with van der Waals surface area (Å²) in [7, 11) is 4.70. The zero-order valence-corrected chi connectivity index (χ0v) is 41.4. The van der Waals surface area contributed by atoms with E-state index in [1.54, 1.807) is 0 Å². The maximum atomic E-state index is 2.44. The number of quaternary nitrogens is 1. The lowest BCUT2D eigenvalue weighted by Gasteiger charge is -2.31. The van der Waals surface area contributed by atoms with Crippen LogP contribution < -0.4 is 21.5 Å². The Balaban J connectivity index is 0.00000462. The van der Waals surface area contributed by atoms with Crippen LogP contribution in [0, 0.1) is 0 Å². The summed E-state index contributed by atoms with van der Waals surface area (Å²) in [5.41, 5.74) is 2.56. The minimum Gasteiger partial charge on any atom is -1.00 e. The van der Waals surface area contributed by atoms with Gasteiger partial charge in [-0.1, -0.05) is 72.8 Å². The van der Waals surface area contributed by atoms with E-state index in [1.165, 1.54) is 162 Å². The molecule has 0 spiro atoms. The minimum atomic E-state index is 0. The van der Waals surface area contributed by atoms with Gasteiger partial charge < -0.3 is 17.0 Å². The average molecular weight is 979 g/mol. The summed E-state index contributed by atoms with van der Waals surface area (Å²) >= 11 is 0. The van der Waals surface area contributed by atoms with Gasteiger partial charge in [-0.05, 0) is 286 Å². The molecule has 0 bridgehead atoms. The maximum absolute atomic E-state index is 2.44. The third-order valence-corrected chi connectivity index (χ3v) is 16.2. The number of rotatable bonds is 2. The predicted molar refractivity (Wildman–Crippen MR) is 311 cm³/mol. The Morgan fingerprint density at radius 2 is 0.347 bits per heavy atom. The van der Waals surface area contributed by atoms with E-state index in [-0.39, 0.29) is 17.0 Å². The average Bonchev–Trinajstić information content (AvgIpc) is 3.38. The van der Waals surface area contributed by atoms with Crippen LogP contribution >= 0.6 is 0 Å². The van der Waals surface area contributed by atoms with Crippen LogP contribution in [0.2, 0.25) is 0 Å². The molecule has 0 radical (unpaired) electrons. The van der Waals surface area contributed by atoms with Gasteiger partial charge in [0.2, 0.25) is 0 Å². The molecule has 1 nitrogen and oxygen atoms in total. The predicted octanol–water partition coefficient (Wildman–Crippen LogP) is 16.7. The van der Waals surface area contributed by atoms with Crippen LogP contribution in [0.15, 0.2) is 231 Å². The topological polar surface area (TPSA) is 0 Å². The fourth-order valence-corrected chi connectivity index (χ4v) is 12.5. The Bertz CT molecular complexity index is 4770. The summed E-state index contributed by atoms with van der Waals surface area (Å²) in [6.45, 7) is 0. The van der Waals surface area contributed by atoms with Crippen molar-refractivity contribution in [2.45, 2.75) is 0 Å². The van der Waals surface area contributed by atoms with E-state index in [0.29, 0.717) is 4.48 Å². The van der Waals surface area contributed by atoms with Gasteiger partial charge in [0, 0.05) is 22.9 Å². The maximum Gasteiger partial charge on any atom is 0.145 e. The molecule has 0 saturated carbocycles. The molecule has 0 aromatic heterocycles. The normalized spacial score (nSPS) is 12.5. The van der Waals surface area contributed by atoms with Gasteiger partial charge in [-0.3, -0.25) is 4.48 Å². The van der Waals surface area contributed by atoms with Gasteiger partial charge in [0.15, 0.2) is 0 Å². The first-order valence-electron chi connectivity index (χ1n) is 24.8. The number of halogens is 1. The molecule has 0 aliphatic heterocycles. The first kappa shape index (κ1) is 41.4. The SMILES string of the molecule is C[N+](C)(c1cccc2cc3cc4cc5cc6cc7cc8ccccc8cc7cc6cc5cc4cc3cc12)c1cccc2cc3cc4cc5cc6cc7cc8ccccc8cc7cc6cc5cc4cc3cc12.[Br-]. The summed E-state index contributed by atoms with van der Waals surface area (Å²) in [6.07, 6.45) is 0. The Labute approximate surface area is 425 Å². The quantitative estimate of drug-likeness (QED) is 0.120. The van der Waals surface area contributed by atoms with Gasteiger partial charge >= 0.3 is 0 Å². The third kappa shape index (κ3) is 6.29. The van der Waals surface area contributed by atoms with Gasteiger partial charge in [-0.25, -0.2) is 0 Å². The van der Waals surface area contributed by atoms with Crippen LogP contribution in [-0.2, 0) is 0 Å². The van der Waals surface area contributed by atoms with Crippen molar-refractivity contribution >= 4 is 162 Å². The Kier molecular flexibility index (Phi) is 8.66. The highest BCUT2D eigenvalue weighted by Gasteiger charge is 2.28. The van der Waals surface area contributed by atoms with Crippen molar-refractivity contribution in [1.82, 2.24) is 4.48 Å². The van der Waals surface area contributed by atoms with Crippen molar-refractivity contribution < 1.29 is 17.0 Å². The summed E-state index contributed by atoms with van der Waals surface area (Å²) in [5.74, 6) is 0. The summed E-state index contributed by atoms with van der Waals surface area (Å²) in [6, 6.07) is 88.0. The van der Waals surface area contributed by atoms with Gasteiger partial charge in [-0.15, -0.1) is 0 Å². The number of hydrogen-bond acceptors (Lipinski definition) is 0. The molecule has 0 saturated heterocycles. The van der Waals surface area contributed by atoms with Gasteiger partial charge in [0.25, 0.3) is 0 Å². The number of nitrogens with zero attached hydrogens (tertiary/aromatic N) is 1. The van der Waals surface area contributed by atoms with E-state index in [1.807, 2.05) is 0 Å². The second kappa shape index (κ2) is 15.1. The molecule has 0 N–H and O–H groups in total. The van der Waals surface area contributed by atoms with E-state index in [4.69, 9.17) is 0 Å². The van der Waals surface area contributed by atoms with Crippen LogP contribution in [-0.4, -0.2) is 14.1 Å². The highest BCUT2D eigenvalue weighted by Crippen LogP contribution is 2.44. The monoisotopic (exact) mass is 977 g/mol. The van der Waals surface area contributed by atoms with Crippen LogP contribution in [0.1, 0.15) is 0 Å². The van der Waals surface area contributed by atoms with E-state index < -0.39 is 0 Å². The minimum absolute atomic E-state index is 0. The summed E-state index contributed by atoms with van der Waals surface area (Å²) in [5, 5.41) is 35.6. The lowest BCUT2D eigenvalue weighted by molar-refractivity contribution is -0.0000130. The number of benzene rings is 16. The molecule has 0 aliphatic carbocycles. The lowest BCUT2D eigenvalue weighted by atomic mass is 9.94. The summed E-state index contributed by atoms with van der Waals surface area (Å²) in [4.78, 5) is 0. The molecule has 0 heterocycles. The molecule has 0 fully saturated rings. The van der Waals surface area contributed by atoms with E-state index in [0.717, 1.165) is 0 Å². The molecular weight excluding hydrogens is 935 g/mol. The molecule has 0 aliphatic rings. The van der Waals surface area contributed by atoms with E-state index >= 15 is 0 Å². The smallest absolute Gasteiger partial charge is 0.145 e. The molecule has 72 heavy (non-hydrogen) atoms. The van der Waals surface area contributed by atoms with Crippen molar-refractivity contribution in [3.05, 3.63) is 231 Å². The van der Waals surface area contributed by atoms with Crippen molar-refractivity contribution in [3.8, 4) is 0 Å². The fourth-order valence-electron chi connectivity index (χ4n) is 12.5. The molecule has 336 valence electrons. The van der Waals surface area contributed by atoms with Crippen LogP contribution in [0.3, 0.4) is 0 Å². The lowest BCUT2D eigenvalue weighted by Crippen LogP contribution is -3.00. The van der Waals surface area contributed by atoms with E-state index in [2.05, 4.69) is 245 Å². The van der Waals surface area contributed by atoms with E-state index in [9.17, 15) is 0 Å². The van der Waals surface area contributed by atoms with Gasteiger partial charge in [0.05, 0.1) is 14.1 Å². The third-order valence-electron chi connectivity index (χ3n) is 16.2. The van der Waals surface area contributed by atoms with Crippen LogP contribution in [0.5, 0.6) is 0 Å². The van der Waals surface area contributed by atoms with Crippen molar-refractivity contribution in [3.63, 3.8) is 0 Å². The highest BCUT2D eigenvalue weighted by molar-refractivity contribution is 6.16. The standard InChI is InChI=1S/C70H44N.BrH/c1-71(2,69-15-7-13-45-21-51-27-57-33-59-29-53-23-47-17-41-9-3-5-11-43(41)19-49(47)25-55(53)31-61(59)35-63(57)37-65(51)39-67(45)69)70-16-8-14-46-22-52-28-58-34-60-30-54-24-48-18-42-10-4-6-12-44(42)20-50(48)26-56(54)32-62(60)36-64(58)38-66(52)40-68(46)70;/h3-40H,1-2H3;1H/q+1;/p-1. The number of hydrogen-bond donors (Lipinski definition) is 0. The van der Waals surface area contributed by atoms with Crippen LogP contribution in [0.4, 0.5) is 11.4 Å². The first-order chi connectivity index (χ1) is 34.8. The molecule has 16 rings (SSSR count). The molecule has 0 unspecified atom stereocenters. The Morgan fingerprint density at radius 3 is 0.569 bits per heavy atom. The molecule has 0 amide bonds. The van der Waals surface area contributed by atoms with Crippen LogP contribution in [0.25, 0.3) is 151 Å². The molecule has 0 atom stereocenters. The zero-order chi connectivity index (χ0) is 46.7. The largest absolute Gasteiger partial charge is 1.00 e. The second-order valence-corrected chi connectivity index (χ2v) is 20.8. The Morgan fingerprint density at radius 1 is 0.181 bits per heavy atom. The molecule has 2 heteroatoms. The highest BCUT2D eigenvalue weighted by atomic mass is 79.9. The molecule has 16 aromatic rings. The van der Waals surface area contributed by atoms with Crippen molar-refractivity contribution in [2.24, 2.45) is 0 Å². The Hall–Kier alpha value is -8.40. The zero-order valence-electron chi connectivity index (χ0n) is 39.8. The fraction of sp³-hybridized carbons (Fsp3) is 0.0286. The summed E-state index contributed by atoms with van der Waals surface area (Å²) < 4.78 is 0.608. The molecule has 16 aromatic carbocycles. The van der Waals surface area contributed by atoms with Gasteiger partial charge in [0.1, 0.15) is 11.4 Å². The number of fused-ring (bicyclic) bond motifs is 14. The molecular formula is C70H44BrN. The van der Waals surface area contributed by atoms with Gasteiger partial charge in [-0.2, -0.15) is 0 Å². The van der Waals surface area contributed by atoms with Crippen molar-refractivity contribution in [2.75, 3.05) is 14.1 Å². The van der Waals surface area contributed by atoms with Crippen molar-refractivity contribution in [1.29, 1.82) is 0 Å². The first-order valence-corrected chi connectivity index (χ1v) is 24.8.